The molecule has 0 saturated carbocycles. The van der Waals surface area contributed by atoms with Gasteiger partial charge in [0.05, 0.1) is 0 Å². The average molecular weight is 393 g/mol. The fourth-order valence-electron chi connectivity index (χ4n) is 3.39. The van der Waals surface area contributed by atoms with Gasteiger partial charge in [0.25, 0.3) is 5.91 Å². The Labute approximate surface area is 169 Å². The molecule has 1 fully saturated rings. The molecule has 1 saturated heterocycles. The quantitative estimate of drug-likeness (QED) is 0.675. The summed E-state index contributed by atoms with van der Waals surface area (Å²) in [7, 11) is 0. The second kappa shape index (κ2) is 8.40. The fraction of sp³-hybridized carbons (Fsp3) is 0.227. The fourth-order valence-corrected chi connectivity index (χ4v) is 3.51. The summed E-state index contributed by atoms with van der Waals surface area (Å²) in [5, 5.41) is 3.51. The number of benzene rings is 2. The smallest absolute Gasteiger partial charge is 0.255 e. The van der Waals surface area contributed by atoms with Crippen LogP contribution in [0.4, 0.5) is 11.5 Å². The van der Waals surface area contributed by atoms with Crippen molar-refractivity contribution in [1.82, 2.24) is 9.97 Å². The van der Waals surface area contributed by atoms with Gasteiger partial charge in [-0.15, -0.1) is 0 Å². The van der Waals surface area contributed by atoms with Crippen molar-refractivity contribution >= 4 is 29.0 Å². The van der Waals surface area contributed by atoms with Crippen molar-refractivity contribution < 1.29 is 4.79 Å². The van der Waals surface area contributed by atoms with E-state index in [1.165, 1.54) is 19.3 Å². The molecule has 1 aromatic heterocycles. The van der Waals surface area contributed by atoms with E-state index >= 15 is 0 Å². The number of carbonyl (C=O) groups is 1. The highest BCUT2D eigenvalue weighted by Gasteiger charge is 2.18. The predicted molar refractivity (Wildman–Crippen MR) is 113 cm³/mol. The molecule has 1 aliphatic rings. The molecule has 1 amide bonds. The number of anilines is 2. The molecule has 0 atom stereocenters. The molecule has 0 unspecified atom stereocenters. The average Bonchev–Trinajstić information content (AvgIpc) is 2.76. The largest absolute Gasteiger partial charge is 0.355 e. The van der Waals surface area contributed by atoms with Crippen molar-refractivity contribution in [2.75, 3.05) is 23.3 Å². The lowest BCUT2D eigenvalue weighted by atomic mass is 10.1. The van der Waals surface area contributed by atoms with Crippen LogP contribution in [0.5, 0.6) is 0 Å². The third kappa shape index (κ3) is 4.15. The number of halogens is 1. The molecule has 4 rings (SSSR count). The van der Waals surface area contributed by atoms with Crippen molar-refractivity contribution in [3.63, 3.8) is 0 Å². The number of nitrogens with zero attached hydrogens (tertiary/aromatic N) is 3. The molecule has 2 heterocycles. The van der Waals surface area contributed by atoms with Crippen molar-refractivity contribution in [1.29, 1.82) is 0 Å². The van der Waals surface area contributed by atoms with E-state index in [1.807, 2.05) is 24.3 Å². The zero-order valence-corrected chi connectivity index (χ0v) is 16.2. The van der Waals surface area contributed by atoms with E-state index in [9.17, 15) is 4.79 Å². The third-order valence-electron chi connectivity index (χ3n) is 4.86. The molecule has 142 valence electrons. The van der Waals surface area contributed by atoms with E-state index in [2.05, 4.69) is 20.2 Å². The van der Waals surface area contributed by atoms with Crippen molar-refractivity contribution in [2.24, 2.45) is 0 Å². The van der Waals surface area contributed by atoms with E-state index in [1.54, 1.807) is 36.7 Å². The number of nitrogens with one attached hydrogen (secondary N) is 1. The summed E-state index contributed by atoms with van der Waals surface area (Å²) in [6.07, 6.45) is 7.08. The maximum atomic E-state index is 12.5. The highest BCUT2D eigenvalue weighted by Crippen LogP contribution is 2.29. The van der Waals surface area contributed by atoms with Gasteiger partial charge in [0.1, 0.15) is 5.69 Å². The minimum atomic E-state index is -0.163. The molecule has 3 aromatic rings. The maximum Gasteiger partial charge on any atom is 0.255 e. The Morgan fingerprint density at radius 3 is 2.29 bits per heavy atom. The zero-order valence-electron chi connectivity index (χ0n) is 15.4. The first-order chi connectivity index (χ1) is 13.7. The van der Waals surface area contributed by atoms with Gasteiger partial charge in [-0.05, 0) is 55.7 Å². The predicted octanol–water partition coefficient (Wildman–Crippen LogP) is 5.04. The Morgan fingerprint density at radius 1 is 0.893 bits per heavy atom. The summed E-state index contributed by atoms with van der Waals surface area (Å²) < 4.78 is 0. The maximum absolute atomic E-state index is 12.5. The highest BCUT2D eigenvalue weighted by atomic mass is 35.5. The molecule has 1 aliphatic heterocycles. The number of piperidine rings is 1. The minimum absolute atomic E-state index is 0.163. The molecule has 5 nitrogen and oxygen atoms in total. The summed E-state index contributed by atoms with van der Waals surface area (Å²) >= 11 is 5.88. The van der Waals surface area contributed by atoms with Gasteiger partial charge >= 0.3 is 0 Å². The summed E-state index contributed by atoms with van der Waals surface area (Å²) in [5.41, 5.74) is 3.10. The van der Waals surface area contributed by atoms with E-state index in [4.69, 9.17) is 11.6 Å². The van der Waals surface area contributed by atoms with Gasteiger partial charge < -0.3 is 10.2 Å². The summed E-state index contributed by atoms with van der Waals surface area (Å²) in [4.78, 5) is 23.9. The van der Waals surface area contributed by atoms with Gasteiger partial charge in [0.15, 0.2) is 5.82 Å². The molecular formula is C22H21ClN4O. The third-order valence-corrected chi connectivity index (χ3v) is 5.11. The van der Waals surface area contributed by atoms with Gasteiger partial charge in [-0.1, -0.05) is 23.7 Å². The first-order valence-electron chi connectivity index (χ1n) is 9.44. The first kappa shape index (κ1) is 18.4. The summed E-state index contributed by atoms with van der Waals surface area (Å²) in [5.74, 6) is 0.754. The summed E-state index contributed by atoms with van der Waals surface area (Å²) in [6.45, 7) is 2.01. The monoisotopic (exact) mass is 392 g/mol. The Morgan fingerprint density at radius 2 is 1.57 bits per heavy atom. The van der Waals surface area contributed by atoms with Gasteiger partial charge in [0.2, 0.25) is 0 Å². The van der Waals surface area contributed by atoms with Crippen LogP contribution in [0.1, 0.15) is 29.6 Å². The zero-order chi connectivity index (χ0) is 19.3. The second-order valence-electron chi connectivity index (χ2n) is 6.81. The van der Waals surface area contributed by atoms with Gasteiger partial charge in [-0.3, -0.25) is 9.78 Å². The van der Waals surface area contributed by atoms with Crippen LogP contribution in [0.3, 0.4) is 0 Å². The number of hydrogen-bond acceptors (Lipinski definition) is 4. The van der Waals surface area contributed by atoms with Gasteiger partial charge in [-0.2, -0.15) is 0 Å². The lowest BCUT2D eigenvalue weighted by molar-refractivity contribution is 0.102. The highest BCUT2D eigenvalue weighted by molar-refractivity contribution is 6.30. The number of hydrogen-bond donors (Lipinski definition) is 1. The molecule has 0 spiro atoms. The number of rotatable bonds is 4. The van der Waals surface area contributed by atoms with E-state index in [-0.39, 0.29) is 5.91 Å². The second-order valence-corrected chi connectivity index (χ2v) is 7.25. The minimum Gasteiger partial charge on any atom is -0.355 e. The Kier molecular flexibility index (Phi) is 5.53. The molecule has 2 aromatic carbocycles. The van der Waals surface area contributed by atoms with E-state index < -0.39 is 0 Å². The van der Waals surface area contributed by atoms with Crippen LogP contribution in [-0.4, -0.2) is 29.0 Å². The first-order valence-corrected chi connectivity index (χ1v) is 9.82. The molecule has 0 aliphatic carbocycles. The normalized spacial score (nSPS) is 14.0. The van der Waals surface area contributed by atoms with Crippen molar-refractivity contribution in [3.8, 4) is 11.3 Å². The Hall–Kier alpha value is -2.92. The van der Waals surface area contributed by atoms with Gasteiger partial charge in [-0.25, -0.2) is 4.98 Å². The number of amides is 1. The van der Waals surface area contributed by atoms with Crippen LogP contribution >= 0.6 is 11.6 Å². The van der Waals surface area contributed by atoms with Crippen LogP contribution in [0.25, 0.3) is 11.3 Å². The number of aromatic nitrogens is 2. The van der Waals surface area contributed by atoms with E-state index in [0.717, 1.165) is 30.2 Å². The van der Waals surface area contributed by atoms with Gasteiger partial charge in [0, 0.05) is 47.3 Å². The van der Waals surface area contributed by atoms with Crippen LogP contribution < -0.4 is 10.2 Å². The SMILES string of the molecule is O=C(Nc1ccc(Cl)cc1)c1ccc(-c2nccnc2N2CCCCC2)cc1. The standard InChI is InChI=1S/C22H21ClN4O/c23-18-8-10-19(11-9-18)26-22(28)17-6-4-16(5-7-17)20-21(25-13-12-24-20)27-14-2-1-3-15-27/h4-13H,1-3,14-15H2,(H,26,28). The lowest BCUT2D eigenvalue weighted by Gasteiger charge is -2.28. The molecule has 28 heavy (non-hydrogen) atoms. The molecule has 6 heteroatoms. The van der Waals surface area contributed by atoms with Crippen LogP contribution in [0.15, 0.2) is 60.9 Å². The van der Waals surface area contributed by atoms with Crippen molar-refractivity contribution in [3.05, 3.63) is 71.5 Å². The summed E-state index contributed by atoms with van der Waals surface area (Å²) in [6, 6.07) is 14.5. The molecular weight excluding hydrogens is 372 g/mol. The van der Waals surface area contributed by atoms with Crippen LogP contribution in [-0.2, 0) is 0 Å². The lowest BCUT2D eigenvalue weighted by Crippen LogP contribution is -2.30. The van der Waals surface area contributed by atoms with Crippen LogP contribution in [0, 0.1) is 0 Å². The van der Waals surface area contributed by atoms with E-state index in [0.29, 0.717) is 16.3 Å². The Balaban J connectivity index is 1.53. The molecule has 0 bridgehead atoms. The molecule has 1 N–H and O–H groups in total. The van der Waals surface area contributed by atoms with Crippen LogP contribution in [0.2, 0.25) is 5.02 Å². The van der Waals surface area contributed by atoms with Crippen molar-refractivity contribution in [2.45, 2.75) is 19.3 Å². The Bertz CT molecular complexity index is 951. The number of carbonyl (C=O) groups excluding carboxylic acids is 1. The molecule has 0 radical (unpaired) electrons. The topological polar surface area (TPSA) is 58.1 Å².